The van der Waals surface area contributed by atoms with Gasteiger partial charge in [-0.25, -0.2) is 0 Å². The van der Waals surface area contributed by atoms with Crippen LogP contribution in [0, 0.1) is 0 Å². The molecule has 1 aromatic carbocycles. The summed E-state index contributed by atoms with van der Waals surface area (Å²) >= 11 is 1.82. The number of benzene rings is 1. The van der Waals surface area contributed by atoms with Crippen LogP contribution in [0.4, 0.5) is 11.4 Å². The molecule has 1 atom stereocenters. The number of amides is 1. The van der Waals surface area contributed by atoms with E-state index in [1.54, 1.807) is 12.1 Å². The Bertz CT molecular complexity index is 650. The number of anilines is 2. The second kappa shape index (κ2) is 5.17. The third-order valence-electron chi connectivity index (χ3n) is 3.72. The molecule has 0 aliphatic heterocycles. The van der Waals surface area contributed by atoms with Crippen molar-refractivity contribution in [2.24, 2.45) is 5.73 Å². The molecule has 0 bridgehead atoms. The number of aryl methyl sites for hydroxylation is 1. The van der Waals surface area contributed by atoms with E-state index >= 15 is 0 Å². The maximum atomic E-state index is 11.1. The fourth-order valence-electron chi connectivity index (χ4n) is 2.67. The molecule has 1 amide bonds. The van der Waals surface area contributed by atoms with Gasteiger partial charge in [0.05, 0.1) is 17.4 Å². The molecule has 1 aromatic heterocycles. The summed E-state index contributed by atoms with van der Waals surface area (Å²) in [7, 11) is 0. The zero-order valence-electron chi connectivity index (χ0n) is 11.1. The Labute approximate surface area is 121 Å². The Morgan fingerprint density at radius 1 is 1.35 bits per heavy atom. The van der Waals surface area contributed by atoms with Crippen LogP contribution in [0.25, 0.3) is 0 Å². The fraction of sp³-hybridized carbons (Fsp3) is 0.267. The molecule has 1 unspecified atom stereocenters. The Morgan fingerprint density at radius 3 is 2.95 bits per heavy atom. The topological polar surface area (TPSA) is 81.1 Å². The van der Waals surface area contributed by atoms with E-state index in [0.717, 1.165) is 12.1 Å². The maximum absolute atomic E-state index is 11.1. The number of rotatable bonds is 3. The van der Waals surface area contributed by atoms with Crippen LogP contribution in [0.15, 0.2) is 29.6 Å². The van der Waals surface area contributed by atoms with E-state index < -0.39 is 5.91 Å². The van der Waals surface area contributed by atoms with Crippen molar-refractivity contribution in [3.05, 3.63) is 45.6 Å². The third kappa shape index (κ3) is 2.36. The van der Waals surface area contributed by atoms with Crippen molar-refractivity contribution >= 4 is 28.6 Å². The fourth-order valence-corrected chi connectivity index (χ4v) is 3.66. The number of fused-ring (bicyclic) bond motifs is 1. The predicted octanol–water partition coefficient (Wildman–Crippen LogP) is 2.92. The van der Waals surface area contributed by atoms with Crippen LogP contribution in [-0.2, 0) is 6.42 Å². The lowest BCUT2D eigenvalue weighted by molar-refractivity contribution is 0.100. The number of nitrogen functional groups attached to an aromatic ring is 1. The lowest BCUT2D eigenvalue weighted by Crippen LogP contribution is -2.17. The van der Waals surface area contributed by atoms with Crippen molar-refractivity contribution in [2.45, 2.75) is 25.3 Å². The number of hydrogen-bond donors (Lipinski definition) is 3. The monoisotopic (exact) mass is 287 g/mol. The van der Waals surface area contributed by atoms with Crippen molar-refractivity contribution < 1.29 is 4.79 Å². The maximum Gasteiger partial charge on any atom is 0.248 e. The quantitative estimate of drug-likeness (QED) is 0.759. The number of hydrogen-bond acceptors (Lipinski definition) is 4. The lowest BCUT2D eigenvalue weighted by Gasteiger charge is -2.25. The first-order chi connectivity index (χ1) is 9.65. The van der Waals surface area contributed by atoms with E-state index in [0.29, 0.717) is 17.3 Å². The SMILES string of the molecule is NC(=O)c1ccc(NC2CCCc3sccc32)c(N)c1. The third-order valence-corrected chi connectivity index (χ3v) is 4.71. The van der Waals surface area contributed by atoms with Crippen molar-refractivity contribution in [3.63, 3.8) is 0 Å². The van der Waals surface area contributed by atoms with Crippen molar-refractivity contribution in [2.75, 3.05) is 11.1 Å². The zero-order chi connectivity index (χ0) is 14.1. The molecule has 1 aliphatic rings. The minimum absolute atomic E-state index is 0.298. The van der Waals surface area contributed by atoms with E-state index in [4.69, 9.17) is 11.5 Å². The van der Waals surface area contributed by atoms with Gasteiger partial charge in [-0.2, -0.15) is 0 Å². The highest BCUT2D eigenvalue weighted by Gasteiger charge is 2.21. The Hall–Kier alpha value is -2.01. The summed E-state index contributed by atoms with van der Waals surface area (Å²) in [5, 5.41) is 5.63. The molecule has 20 heavy (non-hydrogen) atoms. The minimum atomic E-state index is -0.457. The van der Waals surface area contributed by atoms with Crippen molar-refractivity contribution in [3.8, 4) is 0 Å². The lowest BCUT2D eigenvalue weighted by atomic mass is 9.93. The molecule has 0 spiro atoms. The van der Waals surface area contributed by atoms with Gasteiger partial charge < -0.3 is 16.8 Å². The average molecular weight is 287 g/mol. The van der Waals surface area contributed by atoms with Gasteiger partial charge in [0.15, 0.2) is 0 Å². The van der Waals surface area contributed by atoms with Gasteiger partial charge in [-0.1, -0.05) is 0 Å². The van der Waals surface area contributed by atoms with Crippen LogP contribution in [0.2, 0.25) is 0 Å². The van der Waals surface area contributed by atoms with Gasteiger partial charge in [0.1, 0.15) is 0 Å². The minimum Gasteiger partial charge on any atom is -0.397 e. The van der Waals surface area contributed by atoms with Gasteiger partial charge in [0, 0.05) is 10.4 Å². The van der Waals surface area contributed by atoms with E-state index in [1.807, 2.05) is 17.4 Å². The van der Waals surface area contributed by atoms with E-state index in [1.165, 1.54) is 23.3 Å². The van der Waals surface area contributed by atoms with Gasteiger partial charge in [-0.3, -0.25) is 4.79 Å². The highest BCUT2D eigenvalue weighted by atomic mass is 32.1. The number of nitrogens with one attached hydrogen (secondary N) is 1. The highest BCUT2D eigenvalue weighted by molar-refractivity contribution is 7.10. The van der Waals surface area contributed by atoms with Crippen LogP contribution >= 0.6 is 11.3 Å². The zero-order valence-corrected chi connectivity index (χ0v) is 11.9. The summed E-state index contributed by atoms with van der Waals surface area (Å²) in [4.78, 5) is 12.6. The summed E-state index contributed by atoms with van der Waals surface area (Å²) in [5.41, 5.74) is 14.5. The van der Waals surface area contributed by atoms with Crippen LogP contribution in [0.1, 0.15) is 39.7 Å². The Morgan fingerprint density at radius 2 is 2.20 bits per heavy atom. The van der Waals surface area contributed by atoms with E-state index in [2.05, 4.69) is 16.8 Å². The number of carbonyl (C=O) groups excluding carboxylic acids is 1. The second-order valence-electron chi connectivity index (χ2n) is 5.05. The highest BCUT2D eigenvalue weighted by Crippen LogP contribution is 2.36. The van der Waals surface area contributed by atoms with Crippen molar-refractivity contribution in [1.82, 2.24) is 0 Å². The molecule has 2 aromatic rings. The smallest absolute Gasteiger partial charge is 0.248 e. The Kier molecular flexibility index (Phi) is 3.36. The standard InChI is InChI=1S/C15H17N3OS/c16-11-8-9(15(17)19)4-5-13(11)18-12-2-1-3-14-10(12)6-7-20-14/h4-8,12,18H,1-3,16H2,(H2,17,19). The molecule has 3 rings (SSSR count). The molecule has 104 valence electrons. The first-order valence-corrected chi connectivity index (χ1v) is 7.55. The average Bonchev–Trinajstić information content (AvgIpc) is 2.90. The van der Waals surface area contributed by atoms with Gasteiger partial charge in [-0.15, -0.1) is 11.3 Å². The molecule has 1 aliphatic carbocycles. The number of primary amides is 1. The molecule has 0 saturated heterocycles. The first-order valence-electron chi connectivity index (χ1n) is 6.67. The largest absolute Gasteiger partial charge is 0.397 e. The first kappa shape index (κ1) is 13.0. The van der Waals surface area contributed by atoms with Gasteiger partial charge in [-0.05, 0) is 54.5 Å². The molecule has 4 nitrogen and oxygen atoms in total. The van der Waals surface area contributed by atoms with Gasteiger partial charge in [0.2, 0.25) is 5.91 Å². The predicted molar refractivity (Wildman–Crippen MR) is 83.0 cm³/mol. The van der Waals surface area contributed by atoms with Crippen molar-refractivity contribution in [1.29, 1.82) is 0 Å². The molecule has 0 saturated carbocycles. The summed E-state index contributed by atoms with van der Waals surface area (Å²) in [6.07, 6.45) is 3.45. The van der Waals surface area contributed by atoms with Crippen LogP contribution < -0.4 is 16.8 Å². The summed E-state index contributed by atoms with van der Waals surface area (Å²) < 4.78 is 0. The normalized spacial score (nSPS) is 17.5. The molecule has 5 N–H and O–H groups in total. The molecular weight excluding hydrogens is 270 g/mol. The van der Waals surface area contributed by atoms with E-state index in [9.17, 15) is 4.79 Å². The number of carbonyl (C=O) groups is 1. The van der Waals surface area contributed by atoms with Gasteiger partial charge in [0.25, 0.3) is 0 Å². The molecule has 0 fully saturated rings. The number of nitrogens with two attached hydrogens (primary N) is 2. The van der Waals surface area contributed by atoms with Crippen LogP contribution in [-0.4, -0.2) is 5.91 Å². The summed E-state index contributed by atoms with van der Waals surface area (Å²) in [6.45, 7) is 0. The van der Waals surface area contributed by atoms with Gasteiger partial charge >= 0.3 is 0 Å². The number of thiophene rings is 1. The molecule has 5 heteroatoms. The molecule has 1 heterocycles. The molecule has 0 radical (unpaired) electrons. The summed E-state index contributed by atoms with van der Waals surface area (Å²) in [6, 6.07) is 7.65. The molecular formula is C15H17N3OS. The van der Waals surface area contributed by atoms with Crippen LogP contribution in [0.3, 0.4) is 0 Å². The Balaban J connectivity index is 1.84. The van der Waals surface area contributed by atoms with Crippen LogP contribution in [0.5, 0.6) is 0 Å². The van der Waals surface area contributed by atoms with E-state index in [-0.39, 0.29) is 0 Å². The second-order valence-corrected chi connectivity index (χ2v) is 6.06. The summed E-state index contributed by atoms with van der Waals surface area (Å²) in [5.74, 6) is -0.457.